The van der Waals surface area contributed by atoms with Crippen molar-refractivity contribution in [2.75, 3.05) is 7.11 Å². The quantitative estimate of drug-likeness (QED) is 0.635. The Labute approximate surface area is 113 Å². The van der Waals surface area contributed by atoms with Gasteiger partial charge >= 0.3 is 0 Å². The molecule has 1 N–H and O–H groups in total. The highest BCUT2D eigenvalue weighted by molar-refractivity contribution is 5.44. The van der Waals surface area contributed by atoms with Crippen LogP contribution in [0.2, 0.25) is 0 Å². The van der Waals surface area contributed by atoms with Crippen LogP contribution in [0.5, 0.6) is 5.75 Å². The van der Waals surface area contributed by atoms with Crippen molar-refractivity contribution in [1.82, 2.24) is 0 Å². The van der Waals surface area contributed by atoms with Crippen LogP contribution in [0.3, 0.4) is 0 Å². The van der Waals surface area contributed by atoms with E-state index in [0.29, 0.717) is 12.2 Å². The van der Waals surface area contributed by atoms with Crippen molar-refractivity contribution < 1.29 is 14.8 Å². The molecule has 0 heterocycles. The lowest BCUT2D eigenvalue weighted by Crippen LogP contribution is -2.24. The van der Waals surface area contributed by atoms with Crippen molar-refractivity contribution in [2.24, 2.45) is 11.8 Å². The molecule has 2 atom stereocenters. The number of benzene rings is 1. The zero-order valence-corrected chi connectivity index (χ0v) is 11.8. The zero-order valence-electron chi connectivity index (χ0n) is 11.8. The summed E-state index contributed by atoms with van der Waals surface area (Å²) in [6.45, 7) is 5.80. The van der Waals surface area contributed by atoms with Gasteiger partial charge in [-0.15, -0.1) is 0 Å². The molecule has 5 nitrogen and oxygen atoms in total. The SMILES string of the molecule is COc1ccc([N+](=O)[O-])cc1CC(C(C)C)C(C)O. The third-order valence-corrected chi connectivity index (χ3v) is 3.41. The fourth-order valence-corrected chi connectivity index (χ4v) is 2.26. The van der Waals surface area contributed by atoms with Crippen LogP contribution < -0.4 is 4.74 Å². The van der Waals surface area contributed by atoms with E-state index in [1.807, 2.05) is 13.8 Å². The molecule has 0 saturated carbocycles. The van der Waals surface area contributed by atoms with Gasteiger partial charge < -0.3 is 9.84 Å². The Morgan fingerprint density at radius 2 is 2.00 bits per heavy atom. The first kappa shape index (κ1) is 15.4. The summed E-state index contributed by atoms with van der Waals surface area (Å²) in [6.07, 6.45) is 0.0872. The third kappa shape index (κ3) is 3.92. The fraction of sp³-hybridized carbons (Fsp3) is 0.571. The van der Waals surface area contributed by atoms with Crippen LogP contribution in [0.25, 0.3) is 0 Å². The molecule has 0 radical (unpaired) electrons. The molecule has 1 rings (SSSR count). The number of nitrogens with zero attached hydrogens (tertiary/aromatic N) is 1. The van der Waals surface area contributed by atoms with Crippen molar-refractivity contribution in [1.29, 1.82) is 0 Å². The Kier molecular flexibility index (Phi) is 5.30. The van der Waals surface area contributed by atoms with E-state index in [1.165, 1.54) is 19.2 Å². The van der Waals surface area contributed by atoms with E-state index in [9.17, 15) is 15.2 Å². The maximum Gasteiger partial charge on any atom is 0.269 e. The summed E-state index contributed by atoms with van der Waals surface area (Å²) in [4.78, 5) is 10.4. The minimum Gasteiger partial charge on any atom is -0.496 e. The summed E-state index contributed by atoms with van der Waals surface area (Å²) in [6, 6.07) is 4.55. The number of methoxy groups -OCH3 is 1. The maximum atomic E-state index is 10.8. The maximum absolute atomic E-state index is 10.8. The van der Waals surface area contributed by atoms with Gasteiger partial charge in [0.05, 0.1) is 18.1 Å². The Bertz CT molecular complexity index is 435. The summed E-state index contributed by atoms with van der Waals surface area (Å²) in [5, 5.41) is 20.6. The molecule has 0 aromatic heterocycles. The van der Waals surface area contributed by atoms with Crippen molar-refractivity contribution in [3.8, 4) is 5.75 Å². The largest absolute Gasteiger partial charge is 0.496 e. The number of nitro groups is 1. The van der Waals surface area contributed by atoms with E-state index < -0.39 is 11.0 Å². The van der Waals surface area contributed by atoms with Crippen molar-refractivity contribution in [3.05, 3.63) is 33.9 Å². The molecule has 0 bridgehead atoms. The highest BCUT2D eigenvalue weighted by Gasteiger charge is 2.22. The van der Waals surface area contributed by atoms with Gasteiger partial charge in [-0.25, -0.2) is 0 Å². The van der Waals surface area contributed by atoms with Gasteiger partial charge in [0.15, 0.2) is 0 Å². The number of ether oxygens (including phenoxy) is 1. The van der Waals surface area contributed by atoms with Crippen LogP contribution in [-0.4, -0.2) is 23.2 Å². The standard InChI is InChI=1S/C14H21NO4/c1-9(2)13(10(3)16)8-11-7-12(15(17)18)5-6-14(11)19-4/h5-7,9-10,13,16H,8H2,1-4H3. The van der Waals surface area contributed by atoms with Crippen molar-refractivity contribution in [3.63, 3.8) is 0 Å². The number of nitro benzene ring substituents is 1. The number of non-ortho nitro benzene ring substituents is 1. The number of rotatable bonds is 6. The van der Waals surface area contributed by atoms with Gasteiger partial charge in [0.1, 0.15) is 5.75 Å². The second-order valence-corrected chi connectivity index (χ2v) is 5.11. The molecule has 0 amide bonds. The highest BCUT2D eigenvalue weighted by atomic mass is 16.6. The molecule has 0 fully saturated rings. The van der Waals surface area contributed by atoms with E-state index in [4.69, 9.17) is 4.74 Å². The van der Waals surface area contributed by atoms with E-state index >= 15 is 0 Å². The van der Waals surface area contributed by atoms with Crippen LogP contribution in [0, 0.1) is 22.0 Å². The zero-order chi connectivity index (χ0) is 14.6. The van der Waals surface area contributed by atoms with E-state index in [1.54, 1.807) is 13.0 Å². The predicted octanol–water partition coefficient (Wildman–Crippen LogP) is 2.80. The fourth-order valence-electron chi connectivity index (χ4n) is 2.26. The van der Waals surface area contributed by atoms with Gasteiger partial charge in [0.25, 0.3) is 5.69 Å². The average molecular weight is 267 g/mol. The molecule has 2 unspecified atom stereocenters. The smallest absolute Gasteiger partial charge is 0.269 e. The molecule has 0 aliphatic carbocycles. The second-order valence-electron chi connectivity index (χ2n) is 5.11. The van der Waals surface area contributed by atoms with Gasteiger partial charge in [-0.2, -0.15) is 0 Å². The molecule has 19 heavy (non-hydrogen) atoms. The molecular formula is C14H21NO4. The number of aliphatic hydroxyl groups excluding tert-OH is 1. The molecule has 0 aliphatic heterocycles. The Balaban J connectivity index is 3.09. The van der Waals surface area contributed by atoms with Crippen LogP contribution in [-0.2, 0) is 6.42 Å². The Hall–Kier alpha value is -1.62. The van der Waals surface area contributed by atoms with Gasteiger partial charge in [0, 0.05) is 17.7 Å². The van der Waals surface area contributed by atoms with Gasteiger partial charge in [-0.05, 0) is 31.2 Å². The second kappa shape index (κ2) is 6.52. The lowest BCUT2D eigenvalue weighted by atomic mass is 9.85. The molecule has 5 heteroatoms. The van der Waals surface area contributed by atoms with Crippen molar-refractivity contribution >= 4 is 5.69 Å². The monoisotopic (exact) mass is 267 g/mol. The van der Waals surface area contributed by atoms with E-state index in [-0.39, 0.29) is 17.5 Å². The first-order valence-corrected chi connectivity index (χ1v) is 6.36. The van der Waals surface area contributed by atoms with E-state index in [0.717, 1.165) is 5.56 Å². The number of hydrogen-bond acceptors (Lipinski definition) is 4. The molecule has 1 aromatic carbocycles. The third-order valence-electron chi connectivity index (χ3n) is 3.41. The lowest BCUT2D eigenvalue weighted by molar-refractivity contribution is -0.384. The van der Waals surface area contributed by atoms with Crippen LogP contribution in [0.4, 0.5) is 5.69 Å². The van der Waals surface area contributed by atoms with Crippen LogP contribution >= 0.6 is 0 Å². The van der Waals surface area contributed by atoms with Gasteiger partial charge in [-0.1, -0.05) is 13.8 Å². The summed E-state index contributed by atoms with van der Waals surface area (Å²) in [5.41, 5.74) is 0.806. The van der Waals surface area contributed by atoms with E-state index in [2.05, 4.69) is 0 Å². The topological polar surface area (TPSA) is 72.6 Å². The first-order chi connectivity index (χ1) is 8.86. The summed E-state index contributed by atoms with van der Waals surface area (Å²) in [7, 11) is 1.54. The van der Waals surface area contributed by atoms with Crippen molar-refractivity contribution in [2.45, 2.75) is 33.3 Å². The van der Waals surface area contributed by atoms with Gasteiger partial charge in [-0.3, -0.25) is 10.1 Å². The van der Waals surface area contributed by atoms with Crippen LogP contribution in [0.1, 0.15) is 26.3 Å². The Morgan fingerprint density at radius 3 is 2.42 bits per heavy atom. The predicted molar refractivity (Wildman–Crippen MR) is 73.4 cm³/mol. The Morgan fingerprint density at radius 1 is 1.37 bits per heavy atom. The molecule has 0 saturated heterocycles. The summed E-state index contributed by atoms with van der Waals surface area (Å²) < 4.78 is 5.24. The van der Waals surface area contributed by atoms with Gasteiger partial charge in [0.2, 0.25) is 0 Å². The normalized spacial score (nSPS) is 14.2. The summed E-state index contributed by atoms with van der Waals surface area (Å²) in [5.74, 6) is 0.941. The number of hydrogen-bond donors (Lipinski definition) is 1. The molecule has 1 aromatic rings. The summed E-state index contributed by atoms with van der Waals surface area (Å²) >= 11 is 0. The lowest BCUT2D eigenvalue weighted by Gasteiger charge is -2.24. The number of aliphatic hydroxyl groups is 1. The minimum absolute atomic E-state index is 0.0379. The average Bonchev–Trinajstić information content (AvgIpc) is 2.34. The minimum atomic E-state index is -0.469. The highest BCUT2D eigenvalue weighted by Crippen LogP contribution is 2.29. The van der Waals surface area contributed by atoms with Crippen LogP contribution in [0.15, 0.2) is 18.2 Å². The molecule has 106 valence electrons. The first-order valence-electron chi connectivity index (χ1n) is 6.36. The molecule has 0 aliphatic rings. The molecule has 0 spiro atoms. The molecular weight excluding hydrogens is 246 g/mol.